The number of epoxide rings is 1. The number of hydrogen-bond donors (Lipinski definition) is 1. The number of ether oxygens (including phenoxy) is 2. The molecule has 2 bridgehead atoms. The van der Waals surface area contributed by atoms with Crippen LogP contribution in [-0.4, -0.2) is 60.0 Å². The Morgan fingerprint density at radius 2 is 1.89 bits per heavy atom. The molecule has 3 saturated heterocycles. The Morgan fingerprint density at radius 1 is 1.33 bits per heavy atom. The van der Waals surface area contributed by atoms with Crippen LogP contribution in [-0.2, 0) is 19.9 Å². The van der Waals surface area contributed by atoms with Gasteiger partial charge in [-0.25, -0.2) is 4.79 Å². The Balaban J connectivity index is 0.00000289. The summed E-state index contributed by atoms with van der Waals surface area (Å²) in [5.41, 5.74) is -2.39. The van der Waals surface area contributed by atoms with E-state index in [9.17, 15) is 9.90 Å². The molecular weight excluding hydrogens is 450 g/mol. The van der Waals surface area contributed by atoms with E-state index in [2.05, 4.69) is 0 Å². The SMILES string of the molecule is [2H]C1([2H])C2C3OC3C(C([2H])([2H])C1([2H])OC(=O)C(O)(c1cccs1)c1cccs1)[N+]2(C)C([2H])([2H])[2H].[Br-]. The van der Waals surface area contributed by atoms with Crippen LogP contribution < -0.4 is 17.0 Å². The summed E-state index contributed by atoms with van der Waals surface area (Å²) in [6.45, 7) is -2.81. The van der Waals surface area contributed by atoms with Gasteiger partial charge >= 0.3 is 5.97 Å². The minimum atomic E-state index is -3.16. The molecule has 2 aromatic heterocycles. The monoisotopic (exact) mass is 479 g/mol. The average Bonchev–Trinajstić information content (AvgIpc) is 3.17. The summed E-state index contributed by atoms with van der Waals surface area (Å²) >= 11 is 2.10. The lowest BCUT2D eigenvalue weighted by atomic mass is 9.95. The van der Waals surface area contributed by atoms with E-state index in [1.165, 1.54) is 19.2 Å². The highest BCUT2D eigenvalue weighted by molar-refractivity contribution is 7.12. The van der Waals surface area contributed by atoms with Crippen LogP contribution in [0.5, 0.6) is 0 Å². The zero-order valence-electron chi connectivity index (χ0n) is 22.1. The molecule has 3 fully saturated rings. The van der Waals surface area contributed by atoms with E-state index < -0.39 is 66.1 Å². The predicted octanol–water partition coefficient (Wildman–Crippen LogP) is -0.650. The molecule has 2 aromatic rings. The lowest BCUT2D eigenvalue weighted by molar-refractivity contribution is -0.938. The second kappa shape index (κ2) is 6.64. The average molecular weight is 480 g/mol. The van der Waals surface area contributed by atoms with E-state index >= 15 is 0 Å². The number of hydrogen-bond acceptors (Lipinski definition) is 6. The van der Waals surface area contributed by atoms with E-state index in [-0.39, 0.29) is 26.7 Å². The second-order valence-corrected chi connectivity index (χ2v) is 8.67. The van der Waals surface area contributed by atoms with Crippen LogP contribution in [0.25, 0.3) is 0 Å². The molecule has 5 rings (SSSR count). The van der Waals surface area contributed by atoms with Crippen LogP contribution in [0.1, 0.15) is 33.5 Å². The van der Waals surface area contributed by atoms with Gasteiger partial charge in [0.05, 0.1) is 29.3 Å². The Kier molecular flexibility index (Phi) is 2.96. The molecule has 3 aliphatic rings. The molecule has 0 aromatic carbocycles. The van der Waals surface area contributed by atoms with Crippen molar-refractivity contribution in [1.82, 2.24) is 0 Å². The van der Waals surface area contributed by atoms with Crippen LogP contribution in [0.4, 0.5) is 0 Å². The summed E-state index contributed by atoms with van der Waals surface area (Å²) in [7, 11) is 1.24. The summed E-state index contributed by atoms with van der Waals surface area (Å²) in [5.74, 6) is -1.40. The van der Waals surface area contributed by atoms with E-state index in [1.54, 1.807) is 22.9 Å². The van der Waals surface area contributed by atoms with E-state index in [4.69, 9.17) is 20.4 Å². The van der Waals surface area contributed by atoms with E-state index in [1.807, 2.05) is 0 Å². The molecule has 5 heterocycles. The summed E-state index contributed by atoms with van der Waals surface area (Å²) in [6, 6.07) is 3.21. The highest BCUT2D eigenvalue weighted by Crippen LogP contribution is 2.52. The van der Waals surface area contributed by atoms with Crippen molar-refractivity contribution in [3.8, 4) is 0 Å². The molecule has 1 N–H and O–H groups in total. The van der Waals surface area contributed by atoms with Crippen molar-refractivity contribution in [2.75, 3.05) is 14.0 Å². The Bertz CT molecular complexity index is 1060. The molecule has 4 unspecified atom stereocenters. The van der Waals surface area contributed by atoms with Crippen LogP contribution in [0, 0.1) is 0 Å². The number of nitrogens with zero attached hydrogens (tertiary/aromatic N) is 1. The van der Waals surface area contributed by atoms with Gasteiger partial charge in [0, 0.05) is 18.2 Å². The van der Waals surface area contributed by atoms with E-state index in [0.29, 0.717) is 0 Å². The summed E-state index contributed by atoms with van der Waals surface area (Å²) in [6.07, 6.45) is -11.0. The molecular formula is C19H22BrNO4S2. The summed E-state index contributed by atoms with van der Waals surface area (Å²) in [4.78, 5) is 13.9. The van der Waals surface area contributed by atoms with Gasteiger partial charge in [-0.15, -0.1) is 22.7 Å². The molecule has 27 heavy (non-hydrogen) atoms. The van der Waals surface area contributed by atoms with Crippen LogP contribution in [0.3, 0.4) is 0 Å². The fourth-order valence-electron chi connectivity index (χ4n) is 3.69. The molecule has 5 nitrogen and oxygen atoms in total. The minimum Gasteiger partial charge on any atom is -1.00 e. The fourth-order valence-corrected chi connectivity index (χ4v) is 5.40. The largest absolute Gasteiger partial charge is 1.00 e. The molecule has 8 heteroatoms. The zero-order chi connectivity index (χ0) is 25.1. The van der Waals surface area contributed by atoms with Crippen LogP contribution in [0.2, 0.25) is 0 Å². The van der Waals surface area contributed by atoms with Crippen LogP contribution >= 0.6 is 22.7 Å². The third kappa shape index (κ3) is 2.84. The van der Waals surface area contributed by atoms with Crippen molar-refractivity contribution in [2.24, 2.45) is 0 Å². The second-order valence-electron chi connectivity index (χ2n) is 6.77. The summed E-state index contributed by atoms with van der Waals surface area (Å²) in [5, 5.41) is 14.8. The third-order valence-corrected chi connectivity index (χ3v) is 7.10. The maximum absolute atomic E-state index is 13.5. The molecule has 146 valence electrons. The topological polar surface area (TPSA) is 59.1 Å². The smallest absolute Gasteiger partial charge is 0.349 e. The normalized spacial score (nSPS) is 47.9. The van der Waals surface area contributed by atoms with Gasteiger partial charge in [-0.2, -0.15) is 0 Å². The lowest BCUT2D eigenvalue weighted by Gasteiger charge is -2.45. The van der Waals surface area contributed by atoms with Gasteiger partial charge in [0.2, 0.25) is 5.60 Å². The molecule has 0 spiro atoms. The highest BCUT2D eigenvalue weighted by Gasteiger charge is 2.71. The number of quaternary nitrogens is 1. The number of esters is 1. The van der Waals surface area contributed by atoms with Crippen molar-refractivity contribution in [3.05, 3.63) is 44.8 Å². The fraction of sp³-hybridized carbons (Fsp3) is 0.526. The number of carbonyl (C=O) groups is 1. The van der Waals surface area contributed by atoms with Crippen molar-refractivity contribution in [2.45, 2.75) is 48.7 Å². The van der Waals surface area contributed by atoms with Gasteiger partial charge in [-0.05, 0) is 22.9 Å². The molecule has 3 aliphatic heterocycles. The molecule has 0 saturated carbocycles. The number of piperidine rings is 1. The number of rotatable bonds is 4. The Hall–Kier alpha value is -0.770. The molecule has 4 atom stereocenters. The van der Waals surface area contributed by atoms with Gasteiger partial charge in [0.15, 0.2) is 0 Å². The van der Waals surface area contributed by atoms with Crippen LogP contribution in [0.15, 0.2) is 35.0 Å². The first-order valence-electron chi connectivity index (χ1n) is 12.1. The number of likely N-dealkylation sites (N-methyl/N-ethyl adjacent to an activating group) is 1. The maximum atomic E-state index is 13.5. The Morgan fingerprint density at radius 3 is 2.33 bits per heavy atom. The van der Waals surface area contributed by atoms with Crippen molar-refractivity contribution < 1.29 is 51.8 Å². The summed E-state index contributed by atoms with van der Waals surface area (Å²) < 4.78 is 78.1. The first kappa shape index (κ1) is 12.0. The number of halogens is 1. The van der Waals surface area contributed by atoms with Crippen molar-refractivity contribution in [3.63, 3.8) is 0 Å². The molecule has 0 amide bonds. The number of carbonyl (C=O) groups excluding carboxylic acids is 1. The van der Waals surface area contributed by atoms with E-state index in [0.717, 1.165) is 22.7 Å². The lowest BCUT2D eigenvalue weighted by Crippen LogP contribution is -3.00. The van der Waals surface area contributed by atoms with Gasteiger partial charge < -0.3 is 36.0 Å². The zero-order valence-corrected chi connectivity index (χ0v) is 17.3. The first-order valence-corrected chi connectivity index (χ1v) is 9.87. The maximum Gasteiger partial charge on any atom is 0.349 e. The van der Waals surface area contributed by atoms with Gasteiger partial charge in [-0.3, -0.25) is 0 Å². The molecule has 0 aliphatic carbocycles. The number of thiophene rings is 2. The number of morpholine rings is 1. The van der Waals surface area contributed by atoms with Crippen molar-refractivity contribution >= 4 is 28.6 Å². The highest BCUT2D eigenvalue weighted by atomic mass is 79.9. The first-order chi connectivity index (χ1) is 15.6. The van der Waals surface area contributed by atoms with Gasteiger partial charge in [0.25, 0.3) is 0 Å². The standard InChI is InChI=1S/C19H22NO4S2.BrH/c1-20(2)12-9-11(10-13(20)17-16(12)24-17)23-18(21)19(22,14-5-3-7-25-14)15-6-4-8-26-15;/h3-8,11-13,16-17,22H,9-10H2,1-2H3;1H/q+1;/p-1/i1D3,9D2,10D2,11D;. The number of aliphatic hydroxyl groups is 1. The molecule has 0 radical (unpaired) electrons. The van der Waals surface area contributed by atoms with Crippen molar-refractivity contribution in [1.29, 1.82) is 0 Å². The predicted molar refractivity (Wildman–Crippen MR) is 99.1 cm³/mol. The third-order valence-electron chi connectivity index (χ3n) is 5.14. The Labute approximate surface area is 188 Å². The minimum absolute atomic E-state index is 0. The number of fused-ring (bicyclic) bond motifs is 5. The van der Waals surface area contributed by atoms with Gasteiger partial charge in [0.1, 0.15) is 30.4 Å². The van der Waals surface area contributed by atoms with Gasteiger partial charge in [-0.1, -0.05) is 12.1 Å². The quantitative estimate of drug-likeness (QED) is 0.359.